The quantitative estimate of drug-likeness (QED) is 0.651. The molecular weight excluding hydrogens is 382 g/mol. The summed E-state index contributed by atoms with van der Waals surface area (Å²) in [7, 11) is 0. The number of nitrogens with zero attached hydrogens (tertiary/aromatic N) is 4. The average molecular weight is 401 g/mol. The van der Waals surface area contributed by atoms with Crippen LogP contribution in [-0.4, -0.2) is 43.8 Å². The van der Waals surface area contributed by atoms with Crippen LogP contribution in [0, 0.1) is 0 Å². The molecule has 0 spiro atoms. The molecule has 4 rings (SSSR count). The van der Waals surface area contributed by atoms with Crippen LogP contribution in [0.3, 0.4) is 0 Å². The molecule has 0 saturated carbocycles. The summed E-state index contributed by atoms with van der Waals surface area (Å²) in [6, 6.07) is 8.67. The molecule has 1 aliphatic heterocycles. The highest BCUT2D eigenvalue weighted by Crippen LogP contribution is 2.32. The first-order valence-electron chi connectivity index (χ1n) is 8.82. The Morgan fingerprint density at radius 3 is 2.75 bits per heavy atom. The van der Waals surface area contributed by atoms with Gasteiger partial charge >= 0.3 is 5.69 Å². The minimum absolute atomic E-state index is 0.219. The van der Waals surface area contributed by atoms with Gasteiger partial charge in [-0.3, -0.25) is 4.79 Å². The van der Waals surface area contributed by atoms with Crippen LogP contribution in [0.5, 0.6) is 11.5 Å². The van der Waals surface area contributed by atoms with E-state index in [0.717, 1.165) is 9.71 Å². The lowest BCUT2D eigenvalue weighted by Crippen LogP contribution is -2.29. The summed E-state index contributed by atoms with van der Waals surface area (Å²) in [6.45, 7) is 4.84. The molecule has 3 aromatic rings. The number of benzene rings is 1. The third kappa shape index (κ3) is 3.81. The molecule has 0 unspecified atom stereocenters. The summed E-state index contributed by atoms with van der Waals surface area (Å²) in [5.41, 5.74) is 0.489. The van der Waals surface area contributed by atoms with Crippen molar-refractivity contribution in [3.63, 3.8) is 0 Å². The van der Waals surface area contributed by atoms with Gasteiger partial charge in [-0.25, -0.2) is 9.48 Å². The second-order valence-electron chi connectivity index (χ2n) is 6.46. The van der Waals surface area contributed by atoms with Gasteiger partial charge in [0.1, 0.15) is 24.8 Å². The summed E-state index contributed by atoms with van der Waals surface area (Å²) in [4.78, 5) is 24.9. The zero-order valence-corrected chi connectivity index (χ0v) is 16.2. The van der Waals surface area contributed by atoms with Gasteiger partial charge in [-0.05, 0) is 24.3 Å². The van der Waals surface area contributed by atoms with Crippen molar-refractivity contribution in [1.29, 1.82) is 0 Å². The molecule has 3 heterocycles. The number of ether oxygens (including phenoxy) is 2. The summed E-state index contributed by atoms with van der Waals surface area (Å²) in [5.74, 6) is 0.842. The standard InChI is InChI=1S/C18H19N5O4S/c1-11(2)28-17-6-5-15-20-22(18(25)23(15)21-17)10-16(24)19-12-3-4-13-14(9-12)27-8-7-26-13/h3-6,9,11H,7-8,10H2,1-2H3,(H,19,24). The molecule has 28 heavy (non-hydrogen) atoms. The Labute approximate surface area is 164 Å². The summed E-state index contributed by atoms with van der Waals surface area (Å²) in [5, 5.41) is 12.3. The lowest BCUT2D eigenvalue weighted by atomic mass is 10.2. The van der Waals surface area contributed by atoms with Crippen LogP contribution in [0.25, 0.3) is 5.65 Å². The third-order valence-electron chi connectivity index (χ3n) is 3.89. The maximum Gasteiger partial charge on any atom is 0.367 e. The number of rotatable bonds is 5. The second-order valence-corrected chi connectivity index (χ2v) is 8.05. The van der Waals surface area contributed by atoms with E-state index < -0.39 is 5.69 Å². The molecule has 0 bridgehead atoms. The predicted octanol–water partition coefficient (Wildman–Crippen LogP) is 1.80. The smallest absolute Gasteiger partial charge is 0.367 e. The molecule has 0 atom stereocenters. The van der Waals surface area contributed by atoms with Crippen molar-refractivity contribution in [3.8, 4) is 11.5 Å². The van der Waals surface area contributed by atoms with Crippen molar-refractivity contribution in [2.75, 3.05) is 18.5 Å². The molecule has 2 aromatic heterocycles. The van der Waals surface area contributed by atoms with Crippen LogP contribution < -0.4 is 20.5 Å². The molecule has 1 aliphatic rings. The van der Waals surface area contributed by atoms with Crippen LogP contribution in [-0.2, 0) is 11.3 Å². The van der Waals surface area contributed by atoms with E-state index in [9.17, 15) is 9.59 Å². The zero-order valence-electron chi connectivity index (χ0n) is 15.4. The number of nitrogens with one attached hydrogen (secondary N) is 1. The van der Waals surface area contributed by atoms with Gasteiger partial charge in [-0.2, -0.15) is 9.61 Å². The largest absolute Gasteiger partial charge is 0.486 e. The van der Waals surface area contributed by atoms with Gasteiger partial charge in [-0.1, -0.05) is 13.8 Å². The maximum atomic E-state index is 12.5. The SMILES string of the molecule is CC(C)Sc1ccc2nn(CC(=O)Nc3ccc4c(c3)OCCO4)c(=O)n2n1. The third-order valence-corrected chi connectivity index (χ3v) is 4.82. The molecule has 0 aliphatic carbocycles. The molecule has 10 heteroatoms. The van der Waals surface area contributed by atoms with E-state index in [0.29, 0.717) is 41.3 Å². The predicted molar refractivity (Wildman–Crippen MR) is 104 cm³/mol. The van der Waals surface area contributed by atoms with Crippen LogP contribution in [0.4, 0.5) is 5.69 Å². The first kappa shape index (κ1) is 18.4. The average Bonchev–Trinajstić information content (AvgIpc) is 2.96. The van der Waals surface area contributed by atoms with E-state index in [1.54, 1.807) is 36.0 Å². The van der Waals surface area contributed by atoms with Gasteiger partial charge in [0, 0.05) is 17.0 Å². The topological polar surface area (TPSA) is 99.8 Å². The van der Waals surface area contributed by atoms with E-state index in [-0.39, 0.29) is 12.5 Å². The highest BCUT2D eigenvalue weighted by Gasteiger charge is 2.15. The minimum atomic E-state index is -0.460. The maximum absolute atomic E-state index is 12.5. The Kier molecular flexibility index (Phi) is 4.95. The first-order valence-corrected chi connectivity index (χ1v) is 9.70. The highest BCUT2D eigenvalue weighted by atomic mass is 32.2. The number of amides is 1. The molecule has 1 amide bonds. The fourth-order valence-electron chi connectivity index (χ4n) is 2.76. The minimum Gasteiger partial charge on any atom is -0.486 e. The number of aromatic nitrogens is 4. The van der Waals surface area contributed by atoms with Crippen molar-refractivity contribution in [2.45, 2.75) is 30.7 Å². The number of carbonyl (C=O) groups excluding carboxylic acids is 1. The fourth-order valence-corrected chi connectivity index (χ4v) is 3.52. The molecule has 0 fully saturated rings. The van der Waals surface area contributed by atoms with Gasteiger partial charge < -0.3 is 14.8 Å². The number of thioether (sulfide) groups is 1. The van der Waals surface area contributed by atoms with Crippen molar-refractivity contribution in [1.82, 2.24) is 19.4 Å². The van der Waals surface area contributed by atoms with Gasteiger partial charge in [0.05, 0.1) is 0 Å². The van der Waals surface area contributed by atoms with E-state index in [4.69, 9.17) is 9.47 Å². The van der Waals surface area contributed by atoms with Crippen LogP contribution in [0.2, 0.25) is 0 Å². The number of carbonyl (C=O) groups is 1. The van der Waals surface area contributed by atoms with Crippen molar-refractivity contribution >= 4 is 29.0 Å². The normalized spacial score (nSPS) is 13.1. The number of hydrogen-bond donors (Lipinski definition) is 1. The molecule has 9 nitrogen and oxygen atoms in total. The van der Waals surface area contributed by atoms with E-state index in [2.05, 4.69) is 15.5 Å². The van der Waals surface area contributed by atoms with E-state index in [1.807, 2.05) is 19.9 Å². The van der Waals surface area contributed by atoms with Gasteiger partial charge in [0.15, 0.2) is 17.1 Å². The number of anilines is 1. The molecule has 0 radical (unpaired) electrons. The molecular formula is C18H19N5O4S. The fraction of sp³-hybridized carbons (Fsp3) is 0.333. The summed E-state index contributed by atoms with van der Waals surface area (Å²) in [6.07, 6.45) is 0. The first-order chi connectivity index (χ1) is 13.5. The lowest BCUT2D eigenvalue weighted by Gasteiger charge is -2.18. The molecule has 146 valence electrons. The van der Waals surface area contributed by atoms with Crippen molar-refractivity contribution in [3.05, 3.63) is 40.8 Å². The monoisotopic (exact) mass is 401 g/mol. The van der Waals surface area contributed by atoms with Crippen LogP contribution in [0.1, 0.15) is 13.8 Å². The Morgan fingerprint density at radius 2 is 1.96 bits per heavy atom. The summed E-state index contributed by atoms with van der Waals surface area (Å²) < 4.78 is 13.3. The molecule has 1 aromatic carbocycles. The Balaban J connectivity index is 1.50. The van der Waals surface area contributed by atoms with Gasteiger partial charge in [0.2, 0.25) is 5.91 Å². The van der Waals surface area contributed by atoms with Gasteiger partial charge in [0.25, 0.3) is 0 Å². The van der Waals surface area contributed by atoms with Crippen molar-refractivity contribution in [2.24, 2.45) is 0 Å². The zero-order chi connectivity index (χ0) is 19.7. The van der Waals surface area contributed by atoms with E-state index in [1.165, 1.54) is 4.52 Å². The number of hydrogen-bond acceptors (Lipinski definition) is 7. The Bertz CT molecular complexity index is 1090. The van der Waals surface area contributed by atoms with Gasteiger partial charge in [-0.15, -0.1) is 16.9 Å². The second kappa shape index (κ2) is 7.55. The lowest BCUT2D eigenvalue weighted by molar-refractivity contribution is -0.117. The number of fused-ring (bicyclic) bond motifs is 2. The van der Waals surface area contributed by atoms with Crippen LogP contribution >= 0.6 is 11.8 Å². The summed E-state index contributed by atoms with van der Waals surface area (Å²) >= 11 is 1.55. The van der Waals surface area contributed by atoms with Crippen molar-refractivity contribution < 1.29 is 14.3 Å². The Morgan fingerprint density at radius 1 is 1.18 bits per heavy atom. The van der Waals surface area contributed by atoms with Crippen LogP contribution in [0.15, 0.2) is 40.2 Å². The Hall–Kier alpha value is -3.01. The highest BCUT2D eigenvalue weighted by molar-refractivity contribution is 7.99. The molecule has 1 N–H and O–H groups in total. The van der Waals surface area contributed by atoms with E-state index >= 15 is 0 Å². The molecule has 0 saturated heterocycles.